The fourth-order valence-electron chi connectivity index (χ4n) is 2.72. The molecule has 0 aliphatic carbocycles. The molecule has 0 bridgehead atoms. The van der Waals surface area contributed by atoms with Gasteiger partial charge in [-0.05, 0) is 43.5 Å². The topological polar surface area (TPSA) is 98.5 Å². The van der Waals surface area contributed by atoms with Crippen LogP contribution in [-0.4, -0.2) is 36.9 Å². The molecule has 7 heteroatoms. The first-order chi connectivity index (χ1) is 10.4. The van der Waals surface area contributed by atoms with Crippen molar-refractivity contribution in [1.82, 2.24) is 4.31 Å². The number of carboxylic acids is 1. The van der Waals surface area contributed by atoms with Crippen LogP contribution in [-0.2, 0) is 14.8 Å². The van der Waals surface area contributed by atoms with Gasteiger partial charge in [-0.2, -0.15) is 9.57 Å². The van der Waals surface area contributed by atoms with Crippen molar-refractivity contribution < 1.29 is 18.3 Å². The van der Waals surface area contributed by atoms with Gasteiger partial charge in [0.2, 0.25) is 10.0 Å². The Morgan fingerprint density at radius 2 is 1.86 bits per heavy atom. The number of carboxylic acid groups (broad SMARTS) is 1. The average molecular weight is 322 g/mol. The summed E-state index contributed by atoms with van der Waals surface area (Å²) in [5.74, 6) is -0.856. The van der Waals surface area contributed by atoms with Crippen molar-refractivity contribution in [1.29, 1.82) is 5.26 Å². The number of nitrogens with zero attached hydrogens (tertiary/aromatic N) is 2. The molecule has 0 unspecified atom stereocenters. The summed E-state index contributed by atoms with van der Waals surface area (Å²) in [5.41, 5.74) is -0.426. The van der Waals surface area contributed by atoms with Crippen LogP contribution in [0.15, 0.2) is 29.2 Å². The number of benzene rings is 1. The molecule has 1 N–H and O–H groups in total. The smallest absolute Gasteiger partial charge is 0.309 e. The van der Waals surface area contributed by atoms with Crippen molar-refractivity contribution in [3.8, 4) is 6.07 Å². The highest BCUT2D eigenvalue weighted by atomic mass is 32.2. The van der Waals surface area contributed by atoms with Crippen molar-refractivity contribution in [2.45, 2.75) is 31.1 Å². The van der Waals surface area contributed by atoms with Crippen LogP contribution in [0, 0.1) is 16.7 Å². The lowest BCUT2D eigenvalue weighted by Gasteiger charge is -2.37. The molecule has 6 nitrogen and oxygen atoms in total. The minimum absolute atomic E-state index is 0.130. The van der Waals surface area contributed by atoms with Crippen molar-refractivity contribution in [3.63, 3.8) is 0 Å². The lowest BCUT2D eigenvalue weighted by atomic mass is 9.77. The number of hydrogen-bond acceptors (Lipinski definition) is 4. The Labute approximate surface area is 130 Å². The summed E-state index contributed by atoms with van der Waals surface area (Å²) in [4.78, 5) is 11.5. The van der Waals surface area contributed by atoms with E-state index in [1.165, 1.54) is 28.6 Å². The van der Waals surface area contributed by atoms with Gasteiger partial charge in [-0.25, -0.2) is 8.42 Å². The Kier molecular flexibility index (Phi) is 4.54. The molecule has 1 aliphatic rings. The second-order valence-corrected chi connectivity index (χ2v) is 7.42. The molecular formula is C15H18N2O4S. The van der Waals surface area contributed by atoms with Crippen LogP contribution in [0.25, 0.3) is 0 Å². The first-order valence-electron chi connectivity index (χ1n) is 7.09. The maximum Gasteiger partial charge on any atom is 0.309 e. The van der Waals surface area contributed by atoms with Gasteiger partial charge in [0, 0.05) is 13.1 Å². The maximum atomic E-state index is 12.6. The molecule has 1 heterocycles. The highest BCUT2D eigenvalue weighted by Gasteiger charge is 2.42. The molecule has 2 rings (SSSR count). The first-order valence-corrected chi connectivity index (χ1v) is 8.53. The fourth-order valence-corrected chi connectivity index (χ4v) is 4.17. The SMILES string of the molecule is CCC1(C(=O)O)CCN(S(=O)(=O)c2ccc(C#N)cc2)CC1. The predicted molar refractivity (Wildman–Crippen MR) is 79.5 cm³/mol. The molecule has 0 spiro atoms. The number of piperidine rings is 1. The molecular weight excluding hydrogens is 304 g/mol. The molecule has 0 radical (unpaired) electrons. The van der Waals surface area contributed by atoms with E-state index in [4.69, 9.17) is 5.26 Å². The highest BCUT2D eigenvalue weighted by molar-refractivity contribution is 7.89. The molecule has 0 amide bonds. The zero-order valence-electron chi connectivity index (χ0n) is 12.3. The van der Waals surface area contributed by atoms with E-state index in [-0.39, 0.29) is 18.0 Å². The Morgan fingerprint density at radius 1 is 1.32 bits per heavy atom. The molecule has 1 aromatic rings. The zero-order valence-corrected chi connectivity index (χ0v) is 13.1. The second-order valence-electron chi connectivity index (χ2n) is 5.48. The summed E-state index contributed by atoms with van der Waals surface area (Å²) in [6.07, 6.45) is 1.12. The summed E-state index contributed by atoms with van der Waals surface area (Å²) >= 11 is 0. The van der Waals surface area contributed by atoms with Gasteiger partial charge in [0.15, 0.2) is 0 Å². The third-order valence-electron chi connectivity index (χ3n) is 4.43. The lowest BCUT2D eigenvalue weighted by molar-refractivity contribution is -0.151. The molecule has 1 fully saturated rings. The third-order valence-corrected chi connectivity index (χ3v) is 6.34. The van der Waals surface area contributed by atoms with Crippen molar-refractivity contribution in [2.24, 2.45) is 5.41 Å². The van der Waals surface area contributed by atoms with Gasteiger partial charge in [0.25, 0.3) is 0 Å². The Morgan fingerprint density at radius 3 is 2.27 bits per heavy atom. The van der Waals surface area contributed by atoms with Gasteiger partial charge in [-0.1, -0.05) is 6.92 Å². The van der Waals surface area contributed by atoms with E-state index >= 15 is 0 Å². The van der Waals surface area contributed by atoms with E-state index in [1.807, 2.05) is 13.0 Å². The molecule has 22 heavy (non-hydrogen) atoms. The summed E-state index contributed by atoms with van der Waals surface area (Å²) in [6, 6.07) is 7.69. The van der Waals surface area contributed by atoms with Crippen LogP contribution in [0.5, 0.6) is 0 Å². The number of nitriles is 1. The van der Waals surface area contributed by atoms with Crippen molar-refractivity contribution >= 4 is 16.0 Å². The summed E-state index contributed by atoms with van der Waals surface area (Å²) < 4.78 is 26.4. The van der Waals surface area contributed by atoms with Crippen LogP contribution in [0.1, 0.15) is 31.7 Å². The van der Waals surface area contributed by atoms with E-state index in [1.54, 1.807) is 0 Å². The molecule has 0 atom stereocenters. The largest absolute Gasteiger partial charge is 0.481 e. The second kappa shape index (κ2) is 6.07. The van der Waals surface area contributed by atoms with Gasteiger partial charge in [0.1, 0.15) is 0 Å². The third kappa shape index (κ3) is 2.85. The number of carbonyl (C=O) groups is 1. The molecule has 0 aromatic heterocycles. The molecule has 1 aromatic carbocycles. The normalized spacial score (nSPS) is 18.5. The molecule has 118 valence electrons. The monoisotopic (exact) mass is 322 g/mol. The van der Waals surface area contributed by atoms with Crippen LogP contribution in [0.3, 0.4) is 0 Å². The van der Waals surface area contributed by atoms with Gasteiger partial charge in [0.05, 0.1) is 21.9 Å². The van der Waals surface area contributed by atoms with Gasteiger partial charge >= 0.3 is 5.97 Å². The maximum absolute atomic E-state index is 12.6. The number of hydrogen-bond donors (Lipinski definition) is 1. The lowest BCUT2D eigenvalue weighted by Crippen LogP contribution is -2.46. The van der Waals surface area contributed by atoms with Crippen LogP contribution >= 0.6 is 0 Å². The standard InChI is InChI=1S/C15H18N2O4S/c1-2-15(14(18)19)7-9-17(10-8-15)22(20,21)13-5-3-12(11-16)4-6-13/h3-6H,2,7-10H2,1H3,(H,18,19). The summed E-state index contributed by atoms with van der Waals surface area (Å²) in [7, 11) is -3.64. The van der Waals surface area contributed by atoms with Gasteiger partial charge in [-0.15, -0.1) is 0 Å². The number of aliphatic carboxylic acids is 1. The summed E-state index contributed by atoms with van der Waals surface area (Å²) in [6.45, 7) is 2.21. The predicted octanol–water partition coefficient (Wildman–Crippen LogP) is 1.82. The van der Waals surface area contributed by atoms with E-state index in [0.29, 0.717) is 24.8 Å². The molecule has 0 saturated carbocycles. The van der Waals surface area contributed by atoms with Crippen molar-refractivity contribution in [2.75, 3.05) is 13.1 Å². The summed E-state index contributed by atoms with van der Waals surface area (Å²) in [5, 5.41) is 18.1. The first kappa shape index (κ1) is 16.5. The van der Waals surface area contributed by atoms with E-state index < -0.39 is 21.4 Å². The number of rotatable bonds is 4. The van der Waals surface area contributed by atoms with E-state index in [0.717, 1.165) is 0 Å². The zero-order chi connectivity index (χ0) is 16.4. The number of sulfonamides is 1. The minimum atomic E-state index is -3.64. The average Bonchev–Trinajstić information content (AvgIpc) is 2.54. The van der Waals surface area contributed by atoms with Crippen LogP contribution in [0.4, 0.5) is 0 Å². The van der Waals surface area contributed by atoms with Gasteiger partial charge < -0.3 is 5.11 Å². The van der Waals surface area contributed by atoms with E-state index in [9.17, 15) is 18.3 Å². The van der Waals surface area contributed by atoms with Gasteiger partial charge in [-0.3, -0.25) is 4.79 Å². The fraction of sp³-hybridized carbons (Fsp3) is 0.467. The molecule has 1 aliphatic heterocycles. The highest BCUT2D eigenvalue weighted by Crippen LogP contribution is 2.36. The van der Waals surface area contributed by atoms with Crippen LogP contribution < -0.4 is 0 Å². The quantitative estimate of drug-likeness (QED) is 0.911. The Hall–Kier alpha value is -1.91. The van der Waals surface area contributed by atoms with Crippen molar-refractivity contribution in [3.05, 3.63) is 29.8 Å². The van der Waals surface area contributed by atoms with Crippen LogP contribution in [0.2, 0.25) is 0 Å². The van der Waals surface area contributed by atoms with E-state index in [2.05, 4.69) is 0 Å². The molecule has 1 saturated heterocycles. The Balaban J connectivity index is 2.19. The Bertz CT molecular complexity index is 696. The minimum Gasteiger partial charge on any atom is -0.481 e.